The van der Waals surface area contributed by atoms with Crippen molar-refractivity contribution < 1.29 is 0 Å². The van der Waals surface area contributed by atoms with Crippen molar-refractivity contribution in [3.63, 3.8) is 0 Å². The third-order valence-corrected chi connectivity index (χ3v) is 7.28. The molecule has 1 aromatic heterocycles. The molecule has 31 heavy (non-hydrogen) atoms. The largest absolute Gasteiger partial charge is 0.357 e. The molecular formula is C23H43N7S. The highest BCUT2D eigenvalue weighted by Crippen LogP contribution is 2.33. The number of nitrogens with one attached hydrogen (secondary N) is 2. The Morgan fingerprint density at radius 1 is 1.10 bits per heavy atom. The van der Waals surface area contributed by atoms with Gasteiger partial charge in [-0.2, -0.15) is 0 Å². The lowest BCUT2D eigenvalue weighted by Crippen LogP contribution is -2.41. The first kappa shape index (κ1) is 24.4. The van der Waals surface area contributed by atoms with E-state index in [-0.39, 0.29) is 0 Å². The summed E-state index contributed by atoms with van der Waals surface area (Å²) in [6.45, 7) is 9.62. The number of guanidine groups is 1. The van der Waals surface area contributed by atoms with Gasteiger partial charge in [-0.3, -0.25) is 4.99 Å². The van der Waals surface area contributed by atoms with E-state index in [1.54, 1.807) is 11.8 Å². The van der Waals surface area contributed by atoms with Crippen molar-refractivity contribution in [1.82, 2.24) is 30.3 Å². The summed E-state index contributed by atoms with van der Waals surface area (Å²) in [5.74, 6) is 2.08. The van der Waals surface area contributed by atoms with Crippen LogP contribution in [0.15, 0.2) is 10.1 Å². The van der Waals surface area contributed by atoms with Crippen molar-refractivity contribution in [3.8, 4) is 0 Å². The zero-order valence-corrected chi connectivity index (χ0v) is 20.7. The van der Waals surface area contributed by atoms with Gasteiger partial charge in [0, 0.05) is 44.7 Å². The lowest BCUT2D eigenvalue weighted by atomic mass is 10.0. The van der Waals surface area contributed by atoms with Crippen molar-refractivity contribution in [2.75, 3.05) is 39.0 Å². The van der Waals surface area contributed by atoms with Gasteiger partial charge < -0.3 is 20.1 Å². The number of nitrogens with zero attached hydrogens (tertiary/aromatic N) is 5. The molecule has 1 saturated carbocycles. The van der Waals surface area contributed by atoms with E-state index in [1.807, 2.05) is 0 Å². The molecular weight excluding hydrogens is 406 g/mol. The Morgan fingerprint density at radius 2 is 1.90 bits per heavy atom. The second-order valence-corrected chi connectivity index (χ2v) is 9.71. The first-order chi connectivity index (χ1) is 15.2. The maximum absolute atomic E-state index is 4.80. The van der Waals surface area contributed by atoms with Crippen LogP contribution < -0.4 is 10.6 Å². The SMILES string of the molecule is CCNC(=NCCCc1nnc(SC)n1C1CCCC1)NCCCN1CCCCC1C. The molecule has 2 aliphatic rings. The molecule has 1 aliphatic carbocycles. The molecule has 0 amide bonds. The minimum absolute atomic E-state index is 0.595. The summed E-state index contributed by atoms with van der Waals surface area (Å²) in [4.78, 5) is 7.44. The summed E-state index contributed by atoms with van der Waals surface area (Å²) in [5.41, 5.74) is 0. The molecule has 1 aromatic rings. The van der Waals surface area contributed by atoms with Crippen LogP contribution >= 0.6 is 11.8 Å². The van der Waals surface area contributed by atoms with E-state index < -0.39 is 0 Å². The number of piperidine rings is 1. The van der Waals surface area contributed by atoms with Crippen LogP contribution in [-0.2, 0) is 6.42 Å². The molecule has 1 saturated heterocycles. The summed E-state index contributed by atoms with van der Waals surface area (Å²) in [5, 5.41) is 16.9. The highest BCUT2D eigenvalue weighted by atomic mass is 32.2. The first-order valence-electron chi connectivity index (χ1n) is 12.5. The Hall–Kier alpha value is -1.28. The fourth-order valence-electron chi connectivity index (χ4n) is 4.89. The number of hydrogen-bond donors (Lipinski definition) is 2. The van der Waals surface area contributed by atoms with Gasteiger partial charge in [-0.1, -0.05) is 31.0 Å². The van der Waals surface area contributed by atoms with E-state index in [1.165, 1.54) is 58.0 Å². The fraction of sp³-hybridized carbons (Fsp3) is 0.870. The standard InChI is InChI=1S/C23H43N7S/c1-4-24-22(26-16-10-18-29-17-8-7-11-19(29)2)25-15-9-14-21-27-28-23(31-3)30(21)20-12-5-6-13-20/h19-20H,4-18H2,1-3H3,(H2,24,25,26). The number of aliphatic imine (C=N–C) groups is 1. The van der Waals surface area contributed by atoms with E-state index >= 15 is 0 Å². The number of thioether (sulfide) groups is 1. The Balaban J connectivity index is 1.42. The number of likely N-dealkylation sites (tertiary alicyclic amines) is 1. The highest BCUT2D eigenvalue weighted by Gasteiger charge is 2.23. The quantitative estimate of drug-likeness (QED) is 0.231. The predicted octanol–water partition coefficient (Wildman–Crippen LogP) is 3.87. The molecule has 2 N–H and O–H groups in total. The normalized spacial score (nSPS) is 21.0. The van der Waals surface area contributed by atoms with E-state index in [0.29, 0.717) is 6.04 Å². The smallest absolute Gasteiger partial charge is 0.191 e. The van der Waals surface area contributed by atoms with Crippen molar-refractivity contribution in [1.29, 1.82) is 0 Å². The molecule has 0 aromatic carbocycles. The second kappa shape index (κ2) is 13.3. The molecule has 0 spiro atoms. The van der Waals surface area contributed by atoms with Crippen LogP contribution in [0.5, 0.6) is 0 Å². The van der Waals surface area contributed by atoms with Gasteiger partial charge in [0.05, 0.1) is 0 Å². The maximum atomic E-state index is 4.80. The molecule has 0 radical (unpaired) electrons. The minimum atomic E-state index is 0.595. The maximum Gasteiger partial charge on any atom is 0.191 e. The number of hydrogen-bond acceptors (Lipinski definition) is 5. The van der Waals surface area contributed by atoms with Crippen LogP contribution in [0.2, 0.25) is 0 Å². The third kappa shape index (κ3) is 7.38. The number of aryl methyl sites for hydroxylation is 1. The molecule has 1 aliphatic heterocycles. The molecule has 2 fully saturated rings. The summed E-state index contributed by atoms with van der Waals surface area (Å²) in [6, 6.07) is 1.34. The van der Waals surface area contributed by atoms with Crippen LogP contribution in [0.4, 0.5) is 0 Å². The summed E-state index contributed by atoms with van der Waals surface area (Å²) in [6.07, 6.45) is 14.5. The predicted molar refractivity (Wildman–Crippen MR) is 131 cm³/mol. The highest BCUT2D eigenvalue weighted by molar-refractivity contribution is 7.98. The van der Waals surface area contributed by atoms with E-state index in [9.17, 15) is 0 Å². The Labute approximate surface area is 193 Å². The molecule has 7 nitrogen and oxygen atoms in total. The van der Waals surface area contributed by atoms with Gasteiger partial charge >= 0.3 is 0 Å². The average molecular weight is 450 g/mol. The van der Waals surface area contributed by atoms with Gasteiger partial charge in [-0.15, -0.1) is 10.2 Å². The number of aromatic nitrogens is 3. The van der Waals surface area contributed by atoms with Gasteiger partial charge in [0.25, 0.3) is 0 Å². The molecule has 1 unspecified atom stereocenters. The summed E-state index contributed by atoms with van der Waals surface area (Å²) < 4.78 is 2.41. The monoisotopic (exact) mass is 449 g/mol. The van der Waals surface area contributed by atoms with Crippen molar-refractivity contribution in [3.05, 3.63) is 5.82 Å². The molecule has 2 heterocycles. The zero-order chi connectivity index (χ0) is 21.9. The van der Waals surface area contributed by atoms with Gasteiger partial charge in [0.15, 0.2) is 11.1 Å². The summed E-state index contributed by atoms with van der Waals surface area (Å²) >= 11 is 1.71. The van der Waals surface area contributed by atoms with Crippen molar-refractivity contribution in [2.24, 2.45) is 4.99 Å². The summed E-state index contributed by atoms with van der Waals surface area (Å²) in [7, 11) is 0. The first-order valence-corrected chi connectivity index (χ1v) is 13.7. The van der Waals surface area contributed by atoms with Crippen molar-refractivity contribution in [2.45, 2.75) is 95.3 Å². The molecule has 1 atom stereocenters. The van der Waals surface area contributed by atoms with Gasteiger partial charge in [-0.25, -0.2) is 0 Å². The lowest BCUT2D eigenvalue weighted by Gasteiger charge is -2.33. The average Bonchev–Trinajstić information content (AvgIpc) is 3.44. The topological polar surface area (TPSA) is 70.4 Å². The molecule has 176 valence electrons. The van der Waals surface area contributed by atoms with Crippen LogP contribution in [0.25, 0.3) is 0 Å². The molecule has 8 heteroatoms. The van der Waals surface area contributed by atoms with Crippen LogP contribution in [0.1, 0.15) is 83.5 Å². The van der Waals surface area contributed by atoms with E-state index in [4.69, 9.17) is 4.99 Å². The van der Waals surface area contributed by atoms with Gasteiger partial charge in [0.1, 0.15) is 5.82 Å². The Kier molecular flexibility index (Phi) is 10.5. The van der Waals surface area contributed by atoms with Crippen LogP contribution in [0, 0.1) is 0 Å². The fourth-order valence-corrected chi connectivity index (χ4v) is 5.47. The van der Waals surface area contributed by atoms with Gasteiger partial charge in [-0.05, 0) is 65.2 Å². The Bertz CT molecular complexity index is 669. The molecule has 0 bridgehead atoms. The number of rotatable bonds is 11. The second-order valence-electron chi connectivity index (χ2n) is 8.94. The minimum Gasteiger partial charge on any atom is -0.357 e. The van der Waals surface area contributed by atoms with E-state index in [0.717, 1.165) is 61.9 Å². The molecule has 3 rings (SSSR count). The lowest BCUT2D eigenvalue weighted by molar-refractivity contribution is 0.159. The zero-order valence-electron chi connectivity index (χ0n) is 19.9. The van der Waals surface area contributed by atoms with Crippen LogP contribution in [-0.4, -0.2) is 70.6 Å². The third-order valence-electron chi connectivity index (χ3n) is 6.64. The van der Waals surface area contributed by atoms with Crippen molar-refractivity contribution >= 4 is 17.7 Å². The van der Waals surface area contributed by atoms with E-state index in [2.05, 4.69) is 50.4 Å². The van der Waals surface area contributed by atoms with Crippen LogP contribution in [0.3, 0.4) is 0 Å². The van der Waals surface area contributed by atoms with Gasteiger partial charge in [0.2, 0.25) is 0 Å². The Morgan fingerprint density at radius 3 is 2.65 bits per heavy atom.